The normalized spacial score (nSPS) is 23.6. The molecule has 0 amide bonds. The summed E-state index contributed by atoms with van der Waals surface area (Å²) in [4.78, 5) is 6.93. The van der Waals surface area contributed by atoms with Gasteiger partial charge in [-0.3, -0.25) is 9.89 Å². The van der Waals surface area contributed by atoms with Gasteiger partial charge in [-0.05, 0) is 62.1 Å². The molecule has 0 aromatic heterocycles. The Morgan fingerprint density at radius 1 is 1.28 bits per heavy atom. The SMILES string of the molecule is CCC1=CC(=N)C(C(=N)c2ccc(Cl)cc2)C(NC2CCN(S(=O)(=O)C=CCN(C)C3CC3)C2)=NC1. The van der Waals surface area contributed by atoms with Crippen molar-refractivity contribution < 1.29 is 8.42 Å². The molecule has 2 heterocycles. The Balaban J connectivity index is 1.46. The number of nitrogens with one attached hydrogen (secondary N) is 3. The van der Waals surface area contributed by atoms with Crippen LogP contribution in [-0.4, -0.2) is 80.2 Å². The van der Waals surface area contributed by atoms with Crippen molar-refractivity contribution in [2.75, 3.05) is 33.2 Å². The van der Waals surface area contributed by atoms with Crippen molar-refractivity contribution in [1.82, 2.24) is 14.5 Å². The van der Waals surface area contributed by atoms with Gasteiger partial charge in [0.2, 0.25) is 10.0 Å². The molecule has 1 saturated heterocycles. The van der Waals surface area contributed by atoms with Crippen LogP contribution in [0.15, 0.2) is 52.4 Å². The molecule has 2 aliphatic heterocycles. The van der Waals surface area contributed by atoms with Crippen LogP contribution in [0, 0.1) is 16.7 Å². The third kappa shape index (κ3) is 6.51. The number of rotatable bonds is 9. The zero-order valence-electron chi connectivity index (χ0n) is 20.9. The minimum atomic E-state index is -3.50. The fourth-order valence-corrected chi connectivity index (χ4v) is 5.95. The fourth-order valence-electron chi connectivity index (χ4n) is 4.57. The zero-order valence-corrected chi connectivity index (χ0v) is 22.4. The molecule has 4 rings (SSSR count). The first-order valence-electron chi connectivity index (χ1n) is 12.5. The van der Waals surface area contributed by atoms with E-state index in [4.69, 9.17) is 27.4 Å². The van der Waals surface area contributed by atoms with E-state index in [0.717, 1.165) is 12.0 Å². The van der Waals surface area contributed by atoms with Gasteiger partial charge in [-0.15, -0.1) is 0 Å². The molecule has 36 heavy (non-hydrogen) atoms. The number of halogens is 1. The van der Waals surface area contributed by atoms with Crippen molar-refractivity contribution in [1.29, 1.82) is 10.8 Å². The van der Waals surface area contributed by atoms with Gasteiger partial charge >= 0.3 is 0 Å². The van der Waals surface area contributed by atoms with Crippen LogP contribution in [-0.2, 0) is 10.0 Å². The summed E-state index contributed by atoms with van der Waals surface area (Å²) in [6.07, 6.45) is 7.33. The highest BCUT2D eigenvalue weighted by atomic mass is 35.5. The van der Waals surface area contributed by atoms with Crippen LogP contribution in [0.25, 0.3) is 0 Å². The van der Waals surface area contributed by atoms with E-state index < -0.39 is 15.9 Å². The summed E-state index contributed by atoms with van der Waals surface area (Å²) in [6, 6.07) is 7.47. The average molecular weight is 531 g/mol. The van der Waals surface area contributed by atoms with Gasteiger partial charge in [0.1, 0.15) is 5.84 Å². The van der Waals surface area contributed by atoms with Crippen LogP contribution in [0.2, 0.25) is 5.02 Å². The number of amidine groups is 1. The molecule has 1 aliphatic carbocycles. The summed E-state index contributed by atoms with van der Waals surface area (Å²) in [6.45, 7) is 3.86. The molecule has 1 aromatic rings. The second-order valence-corrected chi connectivity index (χ2v) is 12.0. The maximum Gasteiger partial charge on any atom is 0.236 e. The van der Waals surface area contributed by atoms with Gasteiger partial charge < -0.3 is 16.1 Å². The smallest absolute Gasteiger partial charge is 0.236 e. The molecule has 1 saturated carbocycles. The first-order valence-corrected chi connectivity index (χ1v) is 14.4. The summed E-state index contributed by atoms with van der Waals surface area (Å²) in [7, 11) is -1.48. The molecule has 2 unspecified atom stereocenters. The van der Waals surface area contributed by atoms with Crippen molar-refractivity contribution in [2.24, 2.45) is 10.9 Å². The predicted molar refractivity (Wildman–Crippen MR) is 147 cm³/mol. The van der Waals surface area contributed by atoms with Crippen molar-refractivity contribution in [3.8, 4) is 0 Å². The number of hydrogen-bond donors (Lipinski definition) is 3. The Labute approximate surface area is 219 Å². The summed E-state index contributed by atoms with van der Waals surface area (Å²) in [5.41, 5.74) is 2.28. The predicted octanol–water partition coefficient (Wildman–Crippen LogP) is 3.69. The van der Waals surface area contributed by atoms with Crippen LogP contribution in [0.4, 0.5) is 0 Å². The second kappa shape index (κ2) is 11.4. The molecule has 0 bridgehead atoms. The highest BCUT2D eigenvalue weighted by Crippen LogP contribution is 2.25. The maximum atomic E-state index is 12.9. The van der Waals surface area contributed by atoms with Gasteiger partial charge in [0.25, 0.3) is 0 Å². The zero-order chi connectivity index (χ0) is 25.9. The van der Waals surface area contributed by atoms with Crippen molar-refractivity contribution in [2.45, 2.75) is 44.7 Å². The van der Waals surface area contributed by atoms with Crippen LogP contribution in [0.1, 0.15) is 38.2 Å². The molecule has 3 N–H and O–H groups in total. The molecule has 2 fully saturated rings. The Morgan fingerprint density at radius 2 is 2.00 bits per heavy atom. The summed E-state index contributed by atoms with van der Waals surface area (Å²) in [5.74, 6) is -0.107. The Kier molecular flexibility index (Phi) is 8.44. The summed E-state index contributed by atoms with van der Waals surface area (Å²) < 4.78 is 27.3. The van der Waals surface area contributed by atoms with Gasteiger partial charge in [0.15, 0.2) is 0 Å². The molecule has 1 aromatic carbocycles. The molecule has 3 aliphatic rings. The molecule has 0 radical (unpaired) electrons. The summed E-state index contributed by atoms with van der Waals surface area (Å²) in [5, 5.41) is 23.0. The third-order valence-electron chi connectivity index (χ3n) is 6.99. The van der Waals surface area contributed by atoms with Crippen LogP contribution in [0.3, 0.4) is 0 Å². The average Bonchev–Trinajstić information content (AvgIpc) is 3.61. The Morgan fingerprint density at radius 3 is 2.67 bits per heavy atom. The van der Waals surface area contributed by atoms with Gasteiger partial charge in [-0.25, -0.2) is 8.42 Å². The molecule has 8 nitrogen and oxygen atoms in total. The number of sulfonamides is 1. The number of aliphatic imine (C=N–C) groups is 1. The number of nitrogens with zero attached hydrogens (tertiary/aromatic N) is 3. The van der Waals surface area contributed by atoms with Crippen LogP contribution < -0.4 is 5.32 Å². The van der Waals surface area contributed by atoms with E-state index in [0.29, 0.717) is 60.8 Å². The van der Waals surface area contributed by atoms with Crippen molar-refractivity contribution in [3.05, 3.63) is 58.0 Å². The fraction of sp³-hybridized carbons (Fsp3) is 0.500. The largest absolute Gasteiger partial charge is 0.369 e. The van der Waals surface area contributed by atoms with Crippen LogP contribution in [0.5, 0.6) is 0 Å². The van der Waals surface area contributed by atoms with E-state index in [2.05, 4.69) is 10.2 Å². The minimum Gasteiger partial charge on any atom is -0.369 e. The molecular weight excluding hydrogens is 496 g/mol. The van der Waals surface area contributed by atoms with E-state index >= 15 is 0 Å². The van der Waals surface area contributed by atoms with E-state index in [9.17, 15) is 8.42 Å². The highest BCUT2D eigenvalue weighted by Gasteiger charge is 2.34. The quantitative estimate of drug-likeness (QED) is 0.422. The topological polar surface area (TPSA) is 113 Å². The number of likely N-dealkylation sites (N-methyl/N-ethyl adjacent to an activating group) is 1. The van der Waals surface area contributed by atoms with E-state index in [1.807, 2.05) is 20.0 Å². The maximum absolute atomic E-state index is 12.9. The van der Waals surface area contributed by atoms with Crippen LogP contribution >= 0.6 is 11.6 Å². The third-order valence-corrected chi connectivity index (χ3v) is 8.83. The lowest BCUT2D eigenvalue weighted by Gasteiger charge is -2.24. The van der Waals surface area contributed by atoms with E-state index in [1.165, 1.54) is 22.6 Å². The van der Waals surface area contributed by atoms with Gasteiger partial charge in [-0.2, -0.15) is 4.31 Å². The van der Waals surface area contributed by atoms with Gasteiger partial charge in [-0.1, -0.05) is 36.7 Å². The second-order valence-electron chi connectivity index (χ2n) is 9.74. The first kappa shape index (κ1) is 26.7. The minimum absolute atomic E-state index is 0.141. The highest BCUT2D eigenvalue weighted by molar-refractivity contribution is 7.92. The van der Waals surface area contributed by atoms with Crippen molar-refractivity contribution in [3.63, 3.8) is 0 Å². The Bertz CT molecular complexity index is 1190. The number of allylic oxidation sites excluding steroid dienone is 1. The number of benzene rings is 1. The first-order chi connectivity index (χ1) is 17.2. The van der Waals surface area contributed by atoms with Gasteiger partial charge in [0.05, 0.1) is 18.2 Å². The lowest BCUT2D eigenvalue weighted by Crippen LogP contribution is -2.45. The lowest BCUT2D eigenvalue weighted by molar-refractivity contribution is 0.360. The lowest BCUT2D eigenvalue weighted by atomic mass is 9.90. The monoisotopic (exact) mass is 530 g/mol. The van der Waals surface area contributed by atoms with Gasteiger partial charge in [0, 0.05) is 47.9 Å². The summed E-state index contributed by atoms with van der Waals surface area (Å²) >= 11 is 6.03. The molecule has 0 spiro atoms. The Hall–Kier alpha value is -2.33. The van der Waals surface area contributed by atoms with Crippen molar-refractivity contribution >= 4 is 38.9 Å². The standard InChI is InChI=1S/C26H35ClN6O2S/c1-3-18-15-23(28)24(25(29)19-5-7-20(27)8-6-19)26(30-16-18)31-21-11-13-33(17-21)36(34,35)14-4-12-32(2)22-9-10-22/h4-8,14-15,21-22,24,28-29H,3,9-13,16-17H2,1-2H3,(H,30,31). The van der Waals surface area contributed by atoms with E-state index in [-0.39, 0.29) is 11.8 Å². The molecule has 194 valence electrons. The molecular formula is C26H35ClN6O2S. The molecule has 2 atom stereocenters. The molecule has 10 heteroatoms. The number of hydrogen-bond acceptors (Lipinski definition) is 7. The van der Waals surface area contributed by atoms with E-state index in [1.54, 1.807) is 30.3 Å².